The number of carbonyl (C=O) groups excluding carboxylic acids is 2. The van der Waals surface area contributed by atoms with Gasteiger partial charge in [0, 0.05) is 31.8 Å². The van der Waals surface area contributed by atoms with Crippen LogP contribution in [0.15, 0.2) is 66.9 Å². The lowest BCUT2D eigenvalue weighted by Gasteiger charge is -2.33. The number of aryl methyl sites for hydroxylation is 1. The largest absolute Gasteiger partial charge is 0.367 e. The summed E-state index contributed by atoms with van der Waals surface area (Å²) < 4.78 is 7.29. The zero-order valence-corrected chi connectivity index (χ0v) is 18.4. The van der Waals surface area contributed by atoms with Crippen molar-refractivity contribution in [2.75, 3.05) is 25.5 Å². The summed E-state index contributed by atoms with van der Waals surface area (Å²) in [4.78, 5) is 27.5. The molecule has 1 fully saturated rings. The minimum absolute atomic E-state index is 0.0586. The first-order valence-corrected chi connectivity index (χ1v) is 10.8. The van der Waals surface area contributed by atoms with E-state index in [-0.39, 0.29) is 17.9 Å². The molecule has 0 unspecified atom stereocenters. The first-order chi connectivity index (χ1) is 15.6. The number of hydrogen-bond acceptors (Lipinski definition) is 4. The van der Waals surface area contributed by atoms with E-state index in [1.54, 1.807) is 12.3 Å². The Balaban J connectivity index is 1.39. The lowest BCUT2D eigenvalue weighted by Crippen LogP contribution is -2.39. The highest BCUT2D eigenvalue weighted by Crippen LogP contribution is 2.27. The van der Waals surface area contributed by atoms with Gasteiger partial charge in [-0.15, -0.1) is 0 Å². The fourth-order valence-electron chi connectivity index (χ4n) is 4.11. The van der Waals surface area contributed by atoms with E-state index in [0.717, 1.165) is 24.0 Å². The van der Waals surface area contributed by atoms with Gasteiger partial charge in [-0.2, -0.15) is 5.10 Å². The van der Waals surface area contributed by atoms with Gasteiger partial charge in [-0.1, -0.05) is 48.0 Å². The van der Waals surface area contributed by atoms with E-state index in [2.05, 4.69) is 10.4 Å². The van der Waals surface area contributed by atoms with Crippen molar-refractivity contribution >= 4 is 17.6 Å². The maximum atomic E-state index is 12.9. The minimum Gasteiger partial charge on any atom is -0.367 e. The summed E-state index contributed by atoms with van der Waals surface area (Å²) in [6.45, 7) is 3.31. The normalized spacial score (nSPS) is 15.4. The second kappa shape index (κ2) is 9.78. The lowest BCUT2D eigenvalue weighted by atomic mass is 10.0. The third-order valence-electron chi connectivity index (χ3n) is 5.89. The molecule has 0 spiro atoms. The molecule has 1 atom stereocenters. The fourth-order valence-corrected chi connectivity index (χ4v) is 4.11. The smallest absolute Gasteiger partial charge is 0.259 e. The van der Waals surface area contributed by atoms with Crippen molar-refractivity contribution in [2.24, 2.45) is 0 Å². The number of amides is 2. The highest BCUT2D eigenvalue weighted by Gasteiger charge is 2.27. The zero-order valence-electron chi connectivity index (χ0n) is 18.4. The predicted octanol–water partition coefficient (Wildman–Crippen LogP) is 4.00. The number of hydrogen-bond donors (Lipinski definition) is 1. The SMILES string of the molecule is CO[C@H](C(=O)Nc1ccnn1C1CCN(C(=O)c2ccc(C)cc2)CC1)c1ccccc1. The molecule has 4 rings (SSSR count). The van der Waals surface area contributed by atoms with Crippen LogP contribution in [0, 0.1) is 6.92 Å². The summed E-state index contributed by atoms with van der Waals surface area (Å²) in [5.41, 5.74) is 2.64. The van der Waals surface area contributed by atoms with E-state index in [4.69, 9.17) is 4.74 Å². The number of ether oxygens (including phenoxy) is 1. The Labute approximate surface area is 188 Å². The molecule has 7 nitrogen and oxygen atoms in total. The Morgan fingerprint density at radius 2 is 1.72 bits per heavy atom. The number of benzene rings is 2. The first kappa shape index (κ1) is 21.8. The molecular weight excluding hydrogens is 404 g/mol. The second-order valence-electron chi connectivity index (χ2n) is 8.07. The number of likely N-dealkylation sites (tertiary alicyclic amines) is 1. The number of methoxy groups -OCH3 is 1. The minimum atomic E-state index is -0.700. The van der Waals surface area contributed by atoms with Crippen LogP contribution in [0.1, 0.15) is 46.5 Å². The van der Waals surface area contributed by atoms with Gasteiger partial charge in [0.2, 0.25) is 0 Å². The topological polar surface area (TPSA) is 76.5 Å². The summed E-state index contributed by atoms with van der Waals surface area (Å²) in [5.74, 6) is 0.451. The van der Waals surface area contributed by atoms with Gasteiger partial charge in [0.25, 0.3) is 11.8 Å². The molecule has 1 aliphatic rings. The summed E-state index contributed by atoms with van der Waals surface area (Å²) in [7, 11) is 1.52. The molecule has 3 aromatic rings. The van der Waals surface area contributed by atoms with E-state index < -0.39 is 6.10 Å². The number of anilines is 1. The van der Waals surface area contributed by atoms with Gasteiger partial charge in [-0.05, 0) is 37.5 Å². The van der Waals surface area contributed by atoms with Crippen LogP contribution in [0.5, 0.6) is 0 Å². The highest BCUT2D eigenvalue weighted by molar-refractivity contribution is 5.95. The Hall–Kier alpha value is -3.45. The molecule has 1 aliphatic heterocycles. The molecular formula is C25H28N4O3. The van der Waals surface area contributed by atoms with Crippen molar-refractivity contribution in [3.8, 4) is 0 Å². The standard InChI is InChI=1S/C25H28N4O3/c1-18-8-10-20(11-9-18)25(31)28-16-13-21(14-17-28)29-22(12-15-26-29)27-24(30)23(32-2)19-6-4-3-5-7-19/h3-12,15,21,23H,13-14,16-17H2,1-2H3,(H,27,30)/t23-/m0/s1. The highest BCUT2D eigenvalue weighted by atomic mass is 16.5. The summed E-state index contributed by atoms with van der Waals surface area (Å²) in [5, 5.41) is 7.40. The van der Waals surface area contributed by atoms with E-state index >= 15 is 0 Å². The molecule has 2 heterocycles. The van der Waals surface area contributed by atoms with Crippen LogP contribution in [0.25, 0.3) is 0 Å². The Morgan fingerprint density at radius 1 is 1.03 bits per heavy atom. The number of rotatable bonds is 6. The summed E-state index contributed by atoms with van der Waals surface area (Å²) in [6, 6.07) is 19.0. The predicted molar refractivity (Wildman–Crippen MR) is 122 cm³/mol. The van der Waals surface area contributed by atoms with Crippen LogP contribution < -0.4 is 5.32 Å². The van der Waals surface area contributed by atoms with Gasteiger partial charge >= 0.3 is 0 Å². The van der Waals surface area contributed by atoms with Crippen LogP contribution in [-0.4, -0.2) is 46.7 Å². The van der Waals surface area contributed by atoms with Crippen molar-refractivity contribution in [1.29, 1.82) is 0 Å². The maximum Gasteiger partial charge on any atom is 0.259 e. The molecule has 0 aliphatic carbocycles. The number of aromatic nitrogens is 2. The third kappa shape index (κ3) is 4.73. The number of piperidine rings is 1. The molecule has 0 radical (unpaired) electrons. The molecule has 0 bridgehead atoms. The van der Waals surface area contributed by atoms with Gasteiger partial charge in [0.15, 0.2) is 6.10 Å². The maximum absolute atomic E-state index is 12.9. The van der Waals surface area contributed by atoms with Crippen molar-refractivity contribution in [3.05, 3.63) is 83.6 Å². The molecule has 2 amide bonds. The monoisotopic (exact) mass is 432 g/mol. The Morgan fingerprint density at radius 3 is 2.38 bits per heavy atom. The van der Waals surface area contributed by atoms with E-state index in [1.165, 1.54) is 7.11 Å². The second-order valence-corrected chi connectivity index (χ2v) is 8.07. The lowest BCUT2D eigenvalue weighted by molar-refractivity contribution is -0.126. The van der Waals surface area contributed by atoms with Crippen molar-refractivity contribution < 1.29 is 14.3 Å². The Bertz CT molecular complexity index is 1050. The van der Waals surface area contributed by atoms with Gasteiger partial charge in [-0.25, -0.2) is 4.68 Å². The van der Waals surface area contributed by atoms with E-state index in [9.17, 15) is 9.59 Å². The molecule has 1 aromatic heterocycles. The Kier molecular flexibility index (Phi) is 6.66. The van der Waals surface area contributed by atoms with Crippen LogP contribution >= 0.6 is 0 Å². The van der Waals surface area contributed by atoms with Gasteiger partial charge < -0.3 is 15.0 Å². The molecule has 32 heavy (non-hydrogen) atoms. The van der Waals surface area contributed by atoms with E-state index in [1.807, 2.05) is 71.1 Å². The van der Waals surface area contributed by atoms with Gasteiger partial charge in [-0.3, -0.25) is 9.59 Å². The molecule has 0 saturated carbocycles. The first-order valence-electron chi connectivity index (χ1n) is 10.8. The van der Waals surface area contributed by atoms with Crippen molar-refractivity contribution in [3.63, 3.8) is 0 Å². The average Bonchev–Trinajstić information content (AvgIpc) is 3.28. The van der Waals surface area contributed by atoms with E-state index in [0.29, 0.717) is 24.5 Å². The van der Waals surface area contributed by atoms with Gasteiger partial charge in [0.1, 0.15) is 5.82 Å². The number of nitrogens with one attached hydrogen (secondary N) is 1. The number of carbonyl (C=O) groups is 2. The fraction of sp³-hybridized carbons (Fsp3) is 0.320. The van der Waals surface area contributed by atoms with Gasteiger partial charge in [0.05, 0.1) is 12.2 Å². The van der Waals surface area contributed by atoms with Crippen molar-refractivity contribution in [1.82, 2.24) is 14.7 Å². The average molecular weight is 433 g/mol. The molecule has 2 aromatic carbocycles. The molecule has 1 saturated heterocycles. The zero-order chi connectivity index (χ0) is 22.5. The van der Waals surface area contributed by atoms with Crippen LogP contribution in [-0.2, 0) is 9.53 Å². The molecule has 166 valence electrons. The quantitative estimate of drug-likeness (QED) is 0.639. The summed E-state index contributed by atoms with van der Waals surface area (Å²) in [6.07, 6.45) is 2.53. The number of nitrogens with zero attached hydrogens (tertiary/aromatic N) is 3. The van der Waals surface area contributed by atoms with Crippen LogP contribution in [0.2, 0.25) is 0 Å². The van der Waals surface area contributed by atoms with Crippen molar-refractivity contribution in [2.45, 2.75) is 31.9 Å². The van der Waals surface area contributed by atoms with Crippen LogP contribution in [0.3, 0.4) is 0 Å². The molecule has 7 heteroatoms. The third-order valence-corrected chi connectivity index (χ3v) is 5.89. The summed E-state index contributed by atoms with van der Waals surface area (Å²) >= 11 is 0. The van der Waals surface area contributed by atoms with Crippen LogP contribution in [0.4, 0.5) is 5.82 Å². The molecule has 1 N–H and O–H groups in total.